The molecule has 126 valence electrons. The van der Waals surface area contributed by atoms with Gasteiger partial charge in [-0.25, -0.2) is 8.42 Å². The molecule has 1 atom stereocenters. The van der Waals surface area contributed by atoms with Gasteiger partial charge in [0.25, 0.3) is 5.91 Å². The van der Waals surface area contributed by atoms with E-state index < -0.39 is 10.0 Å². The van der Waals surface area contributed by atoms with Crippen LogP contribution in [0.1, 0.15) is 36.0 Å². The minimum absolute atomic E-state index is 0.153. The average Bonchev–Trinajstić information content (AvgIpc) is 3.17. The van der Waals surface area contributed by atoms with E-state index in [0.29, 0.717) is 24.4 Å². The molecule has 0 aromatic heterocycles. The first-order valence-electron chi connectivity index (χ1n) is 7.95. The Morgan fingerprint density at radius 2 is 2.13 bits per heavy atom. The number of amides is 1. The van der Waals surface area contributed by atoms with Crippen LogP contribution in [0, 0.1) is 0 Å². The van der Waals surface area contributed by atoms with Crippen LogP contribution >= 0.6 is 0 Å². The Labute approximate surface area is 136 Å². The quantitative estimate of drug-likeness (QED) is 0.850. The highest BCUT2D eigenvalue weighted by Gasteiger charge is 2.31. The lowest BCUT2D eigenvalue weighted by Gasteiger charge is -2.22. The van der Waals surface area contributed by atoms with E-state index in [2.05, 4.69) is 5.32 Å². The summed E-state index contributed by atoms with van der Waals surface area (Å²) >= 11 is 0. The number of sulfonamides is 1. The van der Waals surface area contributed by atoms with Crippen molar-refractivity contribution in [2.75, 3.05) is 19.3 Å². The lowest BCUT2D eigenvalue weighted by Crippen LogP contribution is -2.42. The van der Waals surface area contributed by atoms with Crippen LogP contribution in [-0.4, -0.2) is 50.1 Å². The molecule has 2 aliphatic rings. The van der Waals surface area contributed by atoms with Crippen molar-refractivity contribution in [2.45, 2.75) is 37.8 Å². The fourth-order valence-corrected chi connectivity index (χ4v) is 4.03. The summed E-state index contributed by atoms with van der Waals surface area (Å²) in [6.07, 6.45) is 5.25. The molecule has 1 saturated carbocycles. The minimum Gasteiger partial charge on any atom is -0.490 e. The lowest BCUT2D eigenvalue weighted by atomic mass is 10.2. The van der Waals surface area contributed by atoms with Crippen molar-refractivity contribution in [1.29, 1.82) is 0 Å². The fourth-order valence-electron chi connectivity index (χ4n) is 2.85. The molecule has 0 radical (unpaired) electrons. The normalized spacial score (nSPS) is 22.0. The fraction of sp³-hybridized carbons (Fsp3) is 0.562. The summed E-state index contributed by atoms with van der Waals surface area (Å²) in [4.78, 5) is 12.3. The summed E-state index contributed by atoms with van der Waals surface area (Å²) in [7, 11) is -3.22. The van der Waals surface area contributed by atoms with E-state index in [9.17, 15) is 13.2 Å². The molecule has 1 amide bonds. The van der Waals surface area contributed by atoms with Crippen LogP contribution in [0.5, 0.6) is 5.75 Å². The van der Waals surface area contributed by atoms with Gasteiger partial charge in [0.05, 0.1) is 12.4 Å². The zero-order valence-corrected chi connectivity index (χ0v) is 14.0. The van der Waals surface area contributed by atoms with Crippen molar-refractivity contribution in [3.8, 4) is 5.75 Å². The summed E-state index contributed by atoms with van der Waals surface area (Å²) in [5, 5.41) is 2.84. The van der Waals surface area contributed by atoms with Gasteiger partial charge in [0.1, 0.15) is 5.75 Å². The first-order valence-corrected chi connectivity index (χ1v) is 9.80. The van der Waals surface area contributed by atoms with Gasteiger partial charge in [-0.3, -0.25) is 4.79 Å². The van der Waals surface area contributed by atoms with Crippen LogP contribution in [0.4, 0.5) is 0 Å². The van der Waals surface area contributed by atoms with Gasteiger partial charge in [-0.05, 0) is 43.9 Å². The topological polar surface area (TPSA) is 75.7 Å². The van der Waals surface area contributed by atoms with Gasteiger partial charge in [0.15, 0.2) is 0 Å². The molecule has 1 aliphatic heterocycles. The second-order valence-corrected chi connectivity index (χ2v) is 8.16. The third-order valence-corrected chi connectivity index (χ3v) is 5.50. The van der Waals surface area contributed by atoms with E-state index in [0.717, 1.165) is 25.7 Å². The Kier molecular flexibility index (Phi) is 4.59. The second-order valence-electron chi connectivity index (χ2n) is 6.22. The number of carbonyl (C=O) groups excluding carboxylic acids is 1. The Morgan fingerprint density at radius 3 is 2.83 bits per heavy atom. The molecule has 1 aromatic rings. The maximum atomic E-state index is 12.3. The van der Waals surface area contributed by atoms with Crippen molar-refractivity contribution in [3.63, 3.8) is 0 Å². The molecule has 2 fully saturated rings. The summed E-state index contributed by atoms with van der Waals surface area (Å²) in [5.41, 5.74) is 0.534. The molecule has 6 nitrogen and oxygen atoms in total. The molecule has 0 unspecified atom stereocenters. The van der Waals surface area contributed by atoms with Gasteiger partial charge in [0.2, 0.25) is 10.0 Å². The maximum absolute atomic E-state index is 12.3. The Hall–Kier alpha value is -1.60. The maximum Gasteiger partial charge on any atom is 0.251 e. The minimum atomic E-state index is -3.22. The van der Waals surface area contributed by atoms with Gasteiger partial charge < -0.3 is 10.1 Å². The number of nitrogens with zero attached hydrogens (tertiary/aromatic N) is 1. The number of hydrogen-bond acceptors (Lipinski definition) is 4. The summed E-state index contributed by atoms with van der Waals surface area (Å²) in [5.74, 6) is 0.505. The van der Waals surface area contributed by atoms with Gasteiger partial charge >= 0.3 is 0 Å². The number of carbonyl (C=O) groups is 1. The van der Waals surface area contributed by atoms with Crippen LogP contribution in [0.3, 0.4) is 0 Å². The van der Waals surface area contributed by atoms with Gasteiger partial charge in [-0.15, -0.1) is 0 Å². The molecule has 1 aliphatic carbocycles. The molecule has 23 heavy (non-hydrogen) atoms. The SMILES string of the molecule is CS(=O)(=O)N1CCC[C@@H]1CNC(=O)c1cccc(OC2CC2)c1. The molecule has 1 heterocycles. The van der Waals surface area contributed by atoms with Gasteiger partial charge in [-0.2, -0.15) is 4.31 Å². The molecule has 0 bridgehead atoms. The molecule has 1 aromatic carbocycles. The molecular weight excluding hydrogens is 316 g/mol. The average molecular weight is 338 g/mol. The molecule has 1 N–H and O–H groups in total. The van der Waals surface area contributed by atoms with Crippen LogP contribution in [-0.2, 0) is 10.0 Å². The van der Waals surface area contributed by atoms with Crippen LogP contribution in [0.2, 0.25) is 0 Å². The molecule has 0 spiro atoms. The highest BCUT2D eigenvalue weighted by Crippen LogP contribution is 2.27. The highest BCUT2D eigenvalue weighted by atomic mass is 32.2. The van der Waals surface area contributed by atoms with E-state index in [1.54, 1.807) is 18.2 Å². The number of benzene rings is 1. The second kappa shape index (κ2) is 6.49. The van der Waals surface area contributed by atoms with Gasteiger partial charge in [-0.1, -0.05) is 6.07 Å². The van der Waals surface area contributed by atoms with E-state index in [4.69, 9.17) is 4.74 Å². The van der Waals surface area contributed by atoms with Crippen LogP contribution < -0.4 is 10.1 Å². The van der Waals surface area contributed by atoms with Crippen molar-refractivity contribution < 1.29 is 17.9 Å². The summed E-state index contributed by atoms with van der Waals surface area (Å²) in [6.45, 7) is 0.865. The molecule has 1 saturated heterocycles. The first kappa shape index (κ1) is 16.3. The summed E-state index contributed by atoms with van der Waals surface area (Å²) in [6, 6.07) is 6.96. The lowest BCUT2D eigenvalue weighted by molar-refractivity contribution is 0.0946. The standard InChI is InChI=1S/C16H22N2O4S/c1-23(20,21)18-9-3-5-13(18)11-17-16(19)12-4-2-6-15(10-12)22-14-7-8-14/h2,4,6,10,13-14H,3,5,7-9,11H2,1H3,(H,17,19)/t13-/m1/s1. The predicted octanol–water partition coefficient (Wildman–Crippen LogP) is 1.38. The monoisotopic (exact) mass is 338 g/mol. The number of hydrogen-bond donors (Lipinski definition) is 1. The van der Waals surface area contributed by atoms with Crippen molar-refractivity contribution in [3.05, 3.63) is 29.8 Å². The van der Waals surface area contributed by atoms with Gasteiger partial charge in [0, 0.05) is 24.7 Å². The van der Waals surface area contributed by atoms with E-state index in [1.807, 2.05) is 6.07 Å². The van der Waals surface area contributed by atoms with Crippen LogP contribution in [0.25, 0.3) is 0 Å². The smallest absolute Gasteiger partial charge is 0.251 e. The van der Waals surface area contributed by atoms with E-state index in [1.165, 1.54) is 10.6 Å². The van der Waals surface area contributed by atoms with Crippen molar-refractivity contribution >= 4 is 15.9 Å². The summed E-state index contributed by atoms with van der Waals surface area (Å²) < 4.78 is 30.6. The first-order chi connectivity index (χ1) is 10.9. The van der Waals surface area contributed by atoms with Crippen molar-refractivity contribution in [1.82, 2.24) is 9.62 Å². The molecule has 7 heteroatoms. The Balaban J connectivity index is 1.58. The van der Waals surface area contributed by atoms with Crippen molar-refractivity contribution in [2.24, 2.45) is 0 Å². The third-order valence-electron chi connectivity index (χ3n) is 4.17. The Morgan fingerprint density at radius 1 is 1.35 bits per heavy atom. The Bertz CT molecular complexity index is 685. The van der Waals surface area contributed by atoms with E-state index in [-0.39, 0.29) is 18.1 Å². The number of nitrogens with one attached hydrogen (secondary N) is 1. The zero-order chi connectivity index (χ0) is 16.4. The molecule has 3 rings (SSSR count). The highest BCUT2D eigenvalue weighted by molar-refractivity contribution is 7.88. The third kappa shape index (κ3) is 4.23. The number of ether oxygens (including phenoxy) is 1. The van der Waals surface area contributed by atoms with E-state index >= 15 is 0 Å². The zero-order valence-electron chi connectivity index (χ0n) is 13.2. The predicted molar refractivity (Wildman–Crippen MR) is 87.0 cm³/mol. The largest absolute Gasteiger partial charge is 0.490 e. The molecular formula is C16H22N2O4S. The number of rotatable bonds is 6. The van der Waals surface area contributed by atoms with Crippen LogP contribution in [0.15, 0.2) is 24.3 Å².